The van der Waals surface area contributed by atoms with Gasteiger partial charge in [0.15, 0.2) is 0 Å². The topological polar surface area (TPSA) is 43.9 Å². The highest BCUT2D eigenvalue weighted by molar-refractivity contribution is 5.94. The summed E-state index contributed by atoms with van der Waals surface area (Å²) in [5.74, 6) is -0.350. The minimum absolute atomic E-state index is 0.0858. The van der Waals surface area contributed by atoms with E-state index in [1.54, 1.807) is 23.1 Å². The number of hydrogen-bond donors (Lipinski definition) is 0. The molecule has 2 aromatic carbocycles. The minimum Gasteiger partial charge on any atom is -0.341 e. The first kappa shape index (κ1) is 22.5. The average Bonchev–Trinajstić information content (AvgIpc) is 2.84. The summed E-state index contributed by atoms with van der Waals surface area (Å²) in [5, 5.41) is 0. The van der Waals surface area contributed by atoms with E-state index in [0.717, 1.165) is 44.3 Å². The van der Waals surface area contributed by atoms with Gasteiger partial charge in [-0.2, -0.15) is 0 Å². The standard InChI is InChI=1S/C26H32FN3O2/c1-28(19-20-7-3-2-4-8-20)25(31)21-11-15-29(16-12-21)22-13-17-30(18-14-22)26(32)23-9-5-6-10-24(23)27/h2-10,21-22H,11-19H2,1H3. The second-order valence-electron chi connectivity index (χ2n) is 8.99. The molecule has 2 fully saturated rings. The predicted molar refractivity (Wildman–Crippen MR) is 123 cm³/mol. The van der Waals surface area contributed by atoms with Gasteiger partial charge < -0.3 is 14.7 Å². The van der Waals surface area contributed by atoms with Crippen molar-refractivity contribution in [2.45, 2.75) is 38.3 Å². The molecule has 2 aliphatic rings. The number of carbonyl (C=O) groups excluding carboxylic acids is 2. The third kappa shape index (κ3) is 5.18. The molecule has 2 aromatic rings. The molecule has 6 heteroatoms. The van der Waals surface area contributed by atoms with Gasteiger partial charge in [-0.3, -0.25) is 9.59 Å². The monoisotopic (exact) mass is 437 g/mol. The maximum absolute atomic E-state index is 14.0. The summed E-state index contributed by atoms with van der Waals surface area (Å²) < 4.78 is 14.0. The van der Waals surface area contributed by atoms with Crippen molar-refractivity contribution in [1.82, 2.24) is 14.7 Å². The maximum atomic E-state index is 14.0. The van der Waals surface area contributed by atoms with Crippen LogP contribution in [0.3, 0.4) is 0 Å². The Balaban J connectivity index is 1.23. The number of rotatable bonds is 5. The average molecular weight is 438 g/mol. The van der Waals surface area contributed by atoms with Gasteiger partial charge in [0.2, 0.25) is 5.91 Å². The van der Waals surface area contributed by atoms with Gasteiger partial charge in [-0.15, -0.1) is 0 Å². The Hall–Kier alpha value is -2.73. The second-order valence-corrected chi connectivity index (χ2v) is 8.99. The van der Waals surface area contributed by atoms with E-state index < -0.39 is 5.82 Å². The molecule has 2 amide bonds. The van der Waals surface area contributed by atoms with Crippen molar-refractivity contribution < 1.29 is 14.0 Å². The lowest BCUT2D eigenvalue weighted by atomic mass is 9.92. The van der Waals surface area contributed by atoms with Crippen LogP contribution < -0.4 is 0 Å². The molecule has 32 heavy (non-hydrogen) atoms. The molecule has 5 nitrogen and oxygen atoms in total. The van der Waals surface area contributed by atoms with Crippen molar-refractivity contribution in [3.05, 3.63) is 71.5 Å². The van der Waals surface area contributed by atoms with E-state index in [2.05, 4.69) is 17.0 Å². The molecule has 2 heterocycles. The highest BCUT2D eigenvalue weighted by atomic mass is 19.1. The summed E-state index contributed by atoms with van der Waals surface area (Å²) in [7, 11) is 1.89. The molecule has 0 spiro atoms. The van der Waals surface area contributed by atoms with E-state index in [4.69, 9.17) is 0 Å². The maximum Gasteiger partial charge on any atom is 0.256 e. The smallest absolute Gasteiger partial charge is 0.256 e. The summed E-state index contributed by atoms with van der Waals surface area (Å²) >= 11 is 0. The molecule has 170 valence electrons. The molecule has 0 aromatic heterocycles. The molecule has 0 N–H and O–H groups in total. The van der Waals surface area contributed by atoms with Crippen molar-refractivity contribution in [3.63, 3.8) is 0 Å². The molecule has 0 atom stereocenters. The van der Waals surface area contributed by atoms with Crippen molar-refractivity contribution in [2.24, 2.45) is 5.92 Å². The largest absolute Gasteiger partial charge is 0.341 e. The molecular weight excluding hydrogens is 405 g/mol. The van der Waals surface area contributed by atoms with E-state index in [9.17, 15) is 14.0 Å². The highest BCUT2D eigenvalue weighted by Gasteiger charge is 2.33. The number of hydrogen-bond acceptors (Lipinski definition) is 3. The van der Waals surface area contributed by atoms with Crippen molar-refractivity contribution in [3.8, 4) is 0 Å². The fourth-order valence-electron chi connectivity index (χ4n) is 5.00. The van der Waals surface area contributed by atoms with E-state index in [-0.39, 0.29) is 23.3 Å². The van der Waals surface area contributed by atoms with E-state index in [1.807, 2.05) is 30.1 Å². The van der Waals surface area contributed by atoms with Crippen LogP contribution in [0.1, 0.15) is 41.6 Å². The van der Waals surface area contributed by atoms with Crippen LogP contribution in [0.2, 0.25) is 0 Å². The van der Waals surface area contributed by atoms with E-state index in [1.165, 1.54) is 6.07 Å². The van der Waals surface area contributed by atoms with Crippen LogP contribution in [0.25, 0.3) is 0 Å². The fraction of sp³-hybridized carbons (Fsp3) is 0.462. The fourth-order valence-corrected chi connectivity index (χ4v) is 5.00. The number of likely N-dealkylation sites (tertiary alicyclic amines) is 2. The van der Waals surface area contributed by atoms with Gasteiger partial charge in [0, 0.05) is 38.6 Å². The molecule has 0 aliphatic carbocycles. The lowest BCUT2D eigenvalue weighted by Gasteiger charge is -2.42. The molecule has 0 unspecified atom stereocenters. The Kier molecular flexibility index (Phi) is 7.20. The molecule has 0 radical (unpaired) electrons. The number of piperidine rings is 2. The van der Waals surface area contributed by atoms with Crippen LogP contribution in [0, 0.1) is 11.7 Å². The summed E-state index contributed by atoms with van der Waals surface area (Å²) in [4.78, 5) is 31.6. The third-order valence-electron chi connectivity index (χ3n) is 6.89. The molecule has 0 bridgehead atoms. The number of nitrogens with zero attached hydrogens (tertiary/aromatic N) is 3. The Labute approximate surface area is 189 Å². The Morgan fingerprint density at radius 3 is 2.19 bits per heavy atom. The van der Waals surface area contributed by atoms with Crippen LogP contribution in [0.5, 0.6) is 0 Å². The van der Waals surface area contributed by atoms with Crippen LogP contribution >= 0.6 is 0 Å². The summed E-state index contributed by atoms with van der Waals surface area (Å²) in [6.07, 6.45) is 3.55. The molecule has 2 aliphatic heterocycles. The molecule has 0 saturated carbocycles. The van der Waals surface area contributed by atoms with Crippen molar-refractivity contribution >= 4 is 11.8 Å². The van der Waals surface area contributed by atoms with Gasteiger partial charge in [0.25, 0.3) is 5.91 Å². The minimum atomic E-state index is -0.455. The third-order valence-corrected chi connectivity index (χ3v) is 6.89. The molecular formula is C26H32FN3O2. The van der Waals surface area contributed by atoms with Crippen LogP contribution in [-0.4, -0.2) is 65.8 Å². The quantitative estimate of drug-likeness (QED) is 0.715. The zero-order valence-electron chi connectivity index (χ0n) is 18.8. The normalized spacial score (nSPS) is 18.5. The molecule has 4 rings (SSSR count). The Morgan fingerprint density at radius 1 is 0.906 bits per heavy atom. The van der Waals surface area contributed by atoms with E-state index >= 15 is 0 Å². The summed E-state index contributed by atoms with van der Waals surface area (Å²) in [6.45, 7) is 3.78. The zero-order valence-corrected chi connectivity index (χ0v) is 18.8. The van der Waals surface area contributed by atoms with Gasteiger partial charge >= 0.3 is 0 Å². The lowest BCUT2D eigenvalue weighted by molar-refractivity contribution is -0.136. The van der Waals surface area contributed by atoms with Gasteiger partial charge in [-0.05, 0) is 56.5 Å². The number of carbonyl (C=O) groups is 2. The first-order valence-corrected chi connectivity index (χ1v) is 11.6. The van der Waals surface area contributed by atoms with Gasteiger partial charge in [0.1, 0.15) is 5.82 Å². The van der Waals surface area contributed by atoms with E-state index in [0.29, 0.717) is 25.7 Å². The second kappa shape index (κ2) is 10.3. The number of benzene rings is 2. The van der Waals surface area contributed by atoms with Crippen molar-refractivity contribution in [2.75, 3.05) is 33.2 Å². The van der Waals surface area contributed by atoms with Crippen LogP contribution in [-0.2, 0) is 11.3 Å². The first-order valence-electron chi connectivity index (χ1n) is 11.6. The highest BCUT2D eigenvalue weighted by Crippen LogP contribution is 2.26. The van der Waals surface area contributed by atoms with Gasteiger partial charge in [-0.1, -0.05) is 42.5 Å². The Bertz CT molecular complexity index is 920. The van der Waals surface area contributed by atoms with Crippen LogP contribution in [0.4, 0.5) is 4.39 Å². The lowest BCUT2D eigenvalue weighted by Crippen LogP contribution is -2.50. The van der Waals surface area contributed by atoms with Gasteiger partial charge in [0.05, 0.1) is 5.56 Å². The Morgan fingerprint density at radius 2 is 1.53 bits per heavy atom. The summed E-state index contributed by atoms with van der Waals surface area (Å²) in [5.41, 5.74) is 1.31. The SMILES string of the molecule is CN(Cc1ccccc1)C(=O)C1CCN(C2CCN(C(=O)c3ccccc3F)CC2)CC1. The summed E-state index contributed by atoms with van der Waals surface area (Å²) in [6, 6.07) is 16.7. The van der Waals surface area contributed by atoms with Gasteiger partial charge in [-0.25, -0.2) is 4.39 Å². The number of halogens is 1. The zero-order chi connectivity index (χ0) is 22.5. The molecule has 2 saturated heterocycles. The first-order chi connectivity index (χ1) is 15.5. The predicted octanol–water partition coefficient (Wildman–Crippen LogP) is 3.80. The van der Waals surface area contributed by atoms with Crippen molar-refractivity contribution in [1.29, 1.82) is 0 Å². The van der Waals surface area contributed by atoms with Crippen LogP contribution in [0.15, 0.2) is 54.6 Å². The number of amides is 2.